The fraction of sp³-hybridized carbons (Fsp3) is 0.304. The van der Waals surface area contributed by atoms with Crippen LogP contribution in [-0.2, 0) is 24.1 Å². The van der Waals surface area contributed by atoms with Gasteiger partial charge in [-0.05, 0) is 61.7 Å². The van der Waals surface area contributed by atoms with Crippen LogP contribution in [0.3, 0.4) is 0 Å². The van der Waals surface area contributed by atoms with Crippen molar-refractivity contribution in [3.05, 3.63) is 71.1 Å². The van der Waals surface area contributed by atoms with Gasteiger partial charge in [-0.15, -0.1) is 0 Å². The van der Waals surface area contributed by atoms with Gasteiger partial charge in [0.25, 0.3) is 0 Å². The molecule has 1 aromatic heterocycles. The van der Waals surface area contributed by atoms with Gasteiger partial charge in [-0.3, -0.25) is 4.79 Å². The van der Waals surface area contributed by atoms with Gasteiger partial charge in [0.2, 0.25) is 5.89 Å². The second-order valence-corrected chi connectivity index (χ2v) is 6.85. The monoisotopic (exact) mass is 394 g/mol. The van der Waals surface area contributed by atoms with Gasteiger partial charge in [0.1, 0.15) is 11.5 Å². The summed E-state index contributed by atoms with van der Waals surface area (Å²) in [4.78, 5) is 15.4. The Labute approximate surface area is 170 Å². The van der Waals surface area contributed by atoms with Crippen molar-refractivity contribution in [2.45, 2.75) is 32.6 Å². The Balaban J connectivity index is 1.62. The highest BCUT2D eigenvalue weighted by Gasteiger charge is 2.12. The molecule has 0 saturated carbocycles. The quantitative estimate of drug-likeness (QED) is 0.543. The Morgan fingerprint density at radius 3 is 2.62 bits per heavy atom. The molecule has 29 heavy (non-hydrogen) atoms. The van der Waals surface area contributed by atoms with E-state index in [0.29, 0.717) is 38.3 Å². The summed E-state index contributed by atoms with van der Waals surface area (Å²) in [6, 6.07) is 15.6. The molecule has 0 fully saturated rings. The summed E-state index contributed by atoms with van der Waals surface area (Å²) < 4.78 is 11.7. The molecule has 3 aromatic rings. The first-order chi connectivity index (χ1) is 14.1. The zero-order valence-electron chi connectivity index (χ0n) is 16.6. The molecule has 6 nitrogen and oxygen atoms in total. The summed E-state index contributed by atoms with van der Waals surface area (Å²) in [6.45, 7) is 2.88. The van der Waals surface area contributed by atoms with Crippen molar-refractivity contribution in [3.63, 3.8) is 0 Å². The summed E-state index contributed by atoms with van der Waals surface area (Å²) in [5.41, 5.74) is 9.57. The number of aromatic nitrogens is 1. The van der Waals surface area contributed by atoms with Crippen LogP contribution < -0.4 is 10.5 Å². The number of nitrogens with zero attached hydrogens (tertiary/aromatic N) is 1. The number of hydrogen-bond acceptors (Lipinski definition) is 5. The molecule has 0 spiro atoms. The third kappa shape index (κ3) is 5.68. The standard InChI is InChI=1S/C23H26N2O4/c1-16-21(25-23(29-16)18-5-3-2-4-6-18)12-14-28-20-9-7-17(8-10-22(26)27)19(15-20)11-13-24/h2-7,9,15H,8,10-14,24H2,1H3,(H,26,27). The second-order valence-electron chi connectivity index (χ2n) is 6.85. The lowest BCUT2D eigenvalue weighted by atomic mass is 10.00. The highest BCUT2D eigenvalue weighted by molar-refractivity contribution is 5.67. The van der Waals surface area contributed by atoms with Crippen LogP contribution >= 0.6 is 0 Å². The first-order valence-electron chi connectivity index (χ1n) is 9.75. The topological polar surface area (TPSA) is 98.6 Å². The van der Waals surface area contributed by atoms with Crippen LogP contribution in [0.4, 0.5) is 0 Å². The first-order valence-corrected chi connectivity index (χ1v) is 9.75. The summed E-state index contributed by atoms with van der Waals surface area (Å²) in [7, 11) is 0. The van der Waals surface area contributed by atoms with Crippen LogP contribution in [0.25, 0.3) is 11.5 Å². The van der Waals surface area contributed by atoms with E-state index in [2.05, 4.69) is 4.98 Å². The van der Waals surface area contributed by atoms with Crippen LogP contribution in [0.15, 0.2) is 52.9 Å². The molecule has 0 bridgehead atoms. The van der Waals surface area contributed by atoms with Gasteiger partial charge in [-0.1, -0.05) is 24.3 Å². The molecule has 0 aliphatic carbocycles. The minimum Gasteiger partial charge on any atom is -0.493 e. The van der Waals surface area contributed by atoms with Crippen molar-refractivity contribution in [1.82, 2.24) is 4.98 Å². The molecule has 2 aromatic carbocycles. The van der Waals surface area contributed by atoms with Crippen LogP contribution in [0.1, 0.15) is 29.0 Å². The largest absolute Gasteiger partial charge is 0.493 e. The number of carbonyl (C=O) groups is 1. The molecule has 3 N–H and O–H groups in total. The number of oxazole rings is 1. The summed E-state index contributed by atoms with van der Waals surface area (Å²) in [5, 5.41) is 8.91. The van der Waals surface area contributed by atoms with Gasteiger partial charge in [0.15, 0.2) is 0 Å². The Morgan fingerprint density at radius 2 is 1.90 bits per heavy atom. The predicted octanol–water partition coefficient (Wildman–Crippen LogP) is 3.79. The highest BCUT2D eigenvalue weighted by atomic mass is 16.5. The average molecular weight is 394 g/mol. The molecular weight excluding hydrogens is 368 g/mol. The number of ether oxygens (including phenoxy) is 1. The fourth-order valence-corrected chi connectivity index (χ4v) is 3.20. The van der Waals surface area contributed by atoms with E-state index in [1.54, 1.807) is 0 Å². The lowest BCUT2D eigenvalue weighted by molar-refractivity contribution is -0.136. The first kappa shape index (κ1) is 20.6. The van der Waals surface area contributed by atoms with Gasteiger partial charge < -0.3 is 20.0 Å². The molecule has 6 heteroatoms. The molecule has 3 rings (SSSR count). The maximum atomic E-state index is 10.8. The van der Waals surface area contributed by atoms with Gasteiger partial charge in [0, 0.05) is 18.4 Å². The summed E-state index contributed by atoms with van der Waals surface area (Å²) in [5.74, 6) is 1.35. The van der Waals surface area contributed by atoms with Crippen LogP contribution in [-0.4, -0.2) is 29.2 Å². The van der Waals surface area contributed by atoms with Crippen LogP contribution in [0, 0.1) is 6.92 Å². The minimum absolute atomic E-state index is 0.104. The van der Waals surface area contributed by atoms with E-state index in [0.717, 1.165) is 33.9 Å². The van der Waals surface area contributed by atoms with E-state index in [1.807, 2.05) is 55.5 Å². The van der Waals surface area contributed by atoms with E-state index < -0.39 is 5.97 Å². The SMILES string of the molecule is Cc1oc(-c2ccccc2)nc1CCOc1ccc(CCC(=O)O)c(CCN)c1. The number of nitrogens with two attached hydrogens (primary N) is 1. The molecule has 0 unspecified atom stereocenters. The Morgan fingerprint density at radius 1 is 1.10 bits per heavy atom. The van der Waals surface area contributed by atoms with Crippen molar-refractivity contribution in [3.8, 4) is 17.2 Å². The number of benzene rings is 2. The van der Waals surface area contributed by atoms with Crippen LogP contribution in [0.2, 0.25) is 0 Å². The molecule has 0 atom stereocenters. The predicted molar refractivity (Wildman–Crippen MR) is 111 cm³/mol. The Bertz CT molecular complexity index is 951. The number of carboxylic acids is 1. The maximum Gasteiger partial charge on any atom is 0.303 e. The van der Waals surface area contributed by atoms with E-state index in [4.69, 9.17) is 20.0 Å². The zero-order chi connectivity index (χ0) is 20.6. The normalized spacial score (nSPS) is 10.8. The number of hydrogen-bond donors (Lipinski definition) is 2. The lowest BCUT2D eigenvalue weighted by Crippen LogP contribution is -2.08. The molecule has 1 heterocycles. The highest BCUT2D eigenvalue weighted by Crippen LogP contribution is 2.23. The Kier molecular flexibility index (Phi) is 7.03. The molecule has 0 aliphatic rings. The van der Waals surface area contributed by atoms with Crippen molar-refractivity contribution >= 4 is 5.97 Å². The fourth-order valence-electron chi connectivity index (χ4n) is 3.20. The van der Waals surface area contributed by atoms with Crippen LogP contribution in [0.5, 0.6) is 5.75 Å². The maximum absolute atomic E-state index is 10.8. The molecule has 0 amide bonds. The molecule has 0 radical (unpaired) electrons. The summed E-state index contributed by atoms with van der Waals surface area (Å²) in [6.07, 6.45) is 1.92. The van der Waals surface area contributed by atoms with Gasteiger partial charge in [0.05, 0.1) is 12.3 Å². The Hall–Kier alpha value is -3.12. The average Bonchev–Trinajstić information content (AvgIpc) is 3.09. The number of aryl methyl sites for hydroxylation is 2. The smallest absolute Gasteiger partial charge is 0.303 e. The molecule has 0 aliphatic heterocycles. The van der Waals surface area contributed by atoms with Crippen molar-refractivity contribution < 1.29 is 19.1 Å². The number of carboxylic acid groups (broad SMARTS) is 1. The number of rotatable bonds is 10. The molecule has 152 valence electrons. The van der Waals surface area contributed by atoms with Gasteiger partial charge >= 0.3 is 5.97 Å². The minimum atomic E-state index is -0.804. The van der Waals surface area contributed by atoms with E-state index in [9.17, 15) is 4.79 Å². The third-order valence-corrected chi connectivity index (χ3v) is 4.72. The lowest BCUT2D eigenvalue weighted by Gasteiger charge is -2.12. The molecule has 0 saturated heterocycles. The van der Waals surface area contributed by atoms with E-state index >= 15 is 0 Å². The summed E-state index contributed by atoms with van der Waals surface area (Å²) >= 11 is 0. The van der Waals surface area contributed by atoms with Crippen molar-refractivity contribution in [1.29, 1.82) is 0 Å². The zero-order valence-corrected chi connectivity index (χ0v) is 16.6. The molecular formula is C23H26N2O4. The van der Waals surface area contributed by atoms with E-state index in [1.165, 1.54) is 0 Å². The number of aliphatic carboxylic acids is 1. The second kappa shape index (κ2) is 9.89. The van der Waals surface area contributed by atoms with E-state index in [-0.39, 0.29) is 6.42 Å². The van der Waals surface area contributed by atoms with Crippen molar-refractivity contribution in [2.24, 2.45) is 5.73 Å². The third-order valence-electron chi connectivity index (χ3n) is 4.72. The van der Waals surface area contributed by atoms with Crippen molar-refractivity contribution in [2.75, 3.05) is 13.2 Å². The van der Waals surface area contributed by atoms with Gasteiger partial charge in [-0.25, -0.2) is 4.98 Å². The van der Waals surface area contributed by atoms with Gasteiger partial charge in [-0.2, -0.15) is 0 Å².